The largest absolute Gasteiger partial charge is 0.493 e. The predicted molar refractivity (Wildman–Crippen MR) is 75.4 cm³/mol. The SMILES string of the molecule is CCS(=O)(=O)CCCOc1ccc([N+](=O)[O-])cc1CN. The van der Waals surface area contributed by atoms with E-state index < -0.39 is 14.8 Å². The van der Waals surface area contributed by atoms with Crippen LogP contribution in [0.15, 0.2) is 18.2 Å². The number of nitro groups is 1. The summed E-state index contributed by atoms with van der Waals surface area (Å²) in [6.45, 7) is 1.94. The Labute approximate surface area is 117 Å². The predicted octanol–water partition coefficient (Wildman–Crippen LogP) is 1.26. The molecule has 0 fully saturated rings. The van der Waals surface area contributed by atoms with Gasteiger partial charge in [-0.1, -0.05) is 6.92 Å². The normalized spacial score (nSPS) is 11.3. The Bertz CT molecular complexity index is 571. The first-order valence-electron chi connectivity index (χ1n) is 6.20. The first-order chi connectivity index (χ1) is 9.39. The summed E-state index contributed by atoms with van der Waals surface area (Å²) in [6, 6.07) is 4.17. The van der Waals surface area contributed by atoms with E-state index in [0.717, 1.165) is 0 Å². The van der Waals surface area contributed by atoms with Crippen molar-refractivity contribution < 1.29 is 18.1 Å². The number of non-ortho nitro benzene ring substituents is 1. The molecule has 112 valence electrons. The Kier molecular flexibility index (Phi) is 5.90. The lowest BCUT2D eigenvalue weighted by atomic mass is 10.2. The minimum atomic E-state index is -3.00. The van der Waals surface area contributed by atoms with Gasteiger partial charge in [-0.25, -0.2) is 8.42 Å². The van der Waals surface area contributed by atoms with Gasteiger partial charge in [-0.05, 0) is 12.5 Å². The van der Waals surface area contributed by atoms with Gasteiger partial charge in [0.1, 0.15) is 15.6 Å². The van der Waals surface area contributed by atoms with E-state index in [1.54, 1.807) is 6.92 Å². The Morgan fingerprint density at radius 1 is 1.40 bits per heavy atom. The zero-order valence-corrected chi connectivity index (χ0v) is 12.1. The zero-order valence-electron chi connectivity index (χ0n) is 11.2. The summed E-state index contributed by atoms with van der Waals surface area (Å²) in [5.74, 6) is 0.625. The molecule has 0 aliphatic rings. The molecule has 0 bridgehead atoms. The van der Waals surface area contributed by atoms with Crippen LogP contribution in [0, 0.1) is 10.1 Å². The third-order valence-electron chi connectivity index (χ3n) is 2.77. The molecule has 8 heteroatoms. The summed E-state index contributed by atoms with van der Waals surface area (Å²) in [7, 11) is -3.00. The van der Waals surface area contributed by atoms with Gasteiger partial charge < -0.3 is 10.5 Å². The van der Waals surface area contributed by atoms with Crippen molar-refractivity contribution in [2.75, 3.05) is 18.1 Å². The molecule has 1 aromatic rings. The van der Waals surface area contributed by atoms with Crippen molar-refractivity contribution in [2.24, 2.45) is 5.73 Å². The highest BCUT2D eigenvalue weighted by atomic mass is 32.2. The summed E-state index contributed by atoms with van der Waals surface area (Å²) in [5, 5.41) is 10.6. The van der Waals surface area contributed by atoms with E-state index in [0.29, 0.717) is 17.7 Å². The maximum atomic E-state index is 11.3. The minimum absolute atomic E-state index is 0.0497. The Morgan fingerprint density at radius 2 is 2.10 bits per heavy atom. The van der Waals surface area contributed by atoms with Crippen molar-refractivity contribution in [3.05, 3.63) is 33.9 Å². The zero-order chi connectivity index (χ0) is 15.2. The molecule has 20 heavy (non-hydrogen) atoms. The quantitative estimate of drug-likeness (QED) is 0.439. The van der Waals surface area contributed by atoms with E-state index in [1.807, 2.05) is 0 Å². The van der Waals surface area contributed by atoms with Crippen LogP contribution >= 0.6 is 0 Å². The minimum Gasteiger partial charge on any atom is -0.493 e. The van der Waals surface area contributed by atoms with Gasteiger partial charge in [0.25, 0.3) is 5.69 Å². The van der Waals surface area contributed by atoms with Gasteiger partial charge in [-0.3, -0.25) is 10.1 Å². The van der Waals surface area contributed by atoms with E-state index in [-0.39, 0.29) is 30.3 Å². The molecule has 0 spiro atoms. The van der Waals surface area contributed by atoms with Crippen molar-refractivity contribution in [3.63, 3.8) is 0 Å². The van der Waals surface area contributed by atoms with Gasteiger partial charge in [0, 0.05) is 30.0 Å². The molecular weight excluding hydrogens is 284 g/mol. The van der Waals surface area contributed by atoms with Crippen LogP contribution in [0.5, 0.6) is 5.75 Å². The van der Waals surface area contributed by atoms with Crippen molar-refractivity contribution in [3.8, 4) is 5.75 Å². The van der Waals surface area contributed by atoms with E-state index in [9.17, 15) is 18.5 Å². The molecule has 0 aromatic heterocycles. The number of hydrogen-bond donors (Lipinski definition) is 1. The molecule has 0 atom stereocenters. The lowest BCUT2D eigenvalue weighted by molar-refractivity contribution is -0.384. The Hall–Kier alpha value is -1.67. The van der Waals surface area contributed by atoms with Gasteiger partial charge in [0.05, 0.1) is 17.3 Å². The van der Waals surface area contributed by atoms with Gasteiger partial charge in [0.2, 0.25) is 0 Å². The van der Waals surface area contributed by atoms with Crippen LogP contribution in [0.25, 0.3) is 0 Å². The summed E-state index contributed by atoms with van der Waals surface area (Å²) < 4.78 is 28.0. The molecule has 7 nitrogen and oxygen atoms in total. The second-order valence-corrected chi connectivity index (χ2v) is 6.66. The van der Waals surface area contributed by atoms with Gasteiger partial charge in [-0.2, -0.15) is 0 Å². The number of benzene rings is 1. The maximum absolute atomic E-state index is 11.3. The highest BCUT2D eigenvalue weighted by Crippen LogP contribution is 2.23. The van der Waals surface area contributed by atoms with Crippen LogP contribution in [-0.4, -0.2) is 31.5 Å². The molecule has 0 aliphatic carbocycles. The Balaban J connectivity index is 2.62. The van der Waals surface area contributed by atoms with Gasteiger partial charge >= 0.3 is 0 Å². The number of rotatable bonds is 8. The monoisotopic (exact) mass is 302 g/mol. The van der Waals surface area contributed by atoms with E-state index in [1.165, 1.54) is 18.2 Å². The Morgan fingerprint density at radius 3 is 2.65 bits per heavy atom. The first kappa shape index (κ1) is 16.4. The highest BCUT2D eigenvalue weighted by Gasteiger charge is 2.11. The standard InChI is InChI=1S/C12H18N2O5S/c1-2-20(17,18)7-3-6-19-12-5-4-11(14(15)16)8-10(12)9-13/h4-5,8H,2-3,6-7,9,13H2,1H3. The number of sulfone groups is 1. The van der Waals surface area contributed by atoms with Gasteiger partial charge in [0.15, 0.2) is 0 Å². The number of nitro benzene ring substituents is 1. The molecule has 0 heterocycles. The van der Waals surface area contributed by atoms with Crippen molar-refractivity contribution >= 4 is 15.5 Å². The lowest BCUT2D eigenvalue weighted by Crippen LogP contribution is -2.12. The average Bonchev–Trinajstić information content (AvgIpc) is 2.43. The molecule has 0 radical (unpaired) electrons. The number of nitrogens with zero attached hydrogens (tertiary/aromatic N) is 1. The lowest BCUT2D eigenvalue weighted by Gasteiger charge is -2.10. The molecule has 0 amide bonds. The van der Waals surface area contributed by atoms with E-state index >= 15 is 0 Å². The van der Waals surface area contributed by atoms with Crippen molar-refractivity contribution in [1.82, 2.24) is 0 Å². The maximum Gasteiger partial charge on any atom is 0.270 e. The third kappa shape index (κ3) is 4.78. The van der Waals surface area contributed by atoms with Crippen LogP contribution < -0.4 is 10.5 Å². The van der Waals surface area contributed by atoms with Crippen LogP contribution in [0.3, 0.4) is 0 Å². The molecule has 0 aliphatic heterocycles. The number of nitrogens with two attached hydrogens (primary N) is 1. The third-order valence-corrected chi connectivity index (χ3v) is 4.56. The van der Waals surface area contributed by atoms with E-state index in [2.05, 4.69) is 0 Å². The van der Waals surface area contributed by atoms with Gasteiger partial charge in [-0.15, -0.1) is 0 Å². The smallest absolute Gasteiger partial charge is 0.270 e. The average molecular weight is 302 g/mol. The second-order valence-electron chi connectivity index (χ2n) is 4.19. The number of ether oxygens (including phenoxy) is 1. The van der Waals surface area contributed by atoms with Crippen LogP contribution in [-0.2, 0) is 16.4 Å². The fraction of sp³-hybridized carbons (Fsp3) is 0.500. The molecule has 2 N–H and O–H groups in total. The van der Waals surface area contributed by atoms with Crippen LogP contribution in [0.2, 0.25) is 0 Å². The summed E-state index contributed by atoms with van der Waals surface area (Å²) in [4.78, 5) is 10.1. The molecular formula is C12H18N2O5S. The van der Waals surface area contributed by atoms with Crippen molar-refractivity contribution in [1.29, 1.82) is 0 Å². The molecule has 0 unspecified atom stereocenters. The number of hydrogen-bond acceptors (Lipinski definition) is 6. The van der Waals surface area contributed by atoms with Crippen LogP contribution in [0.4, 0.5) is 5.69 Å². The molecule has 1 rings (SSSR count). The second kappa shape index (κ2) is 7.20. The molecule has 0 saturated heterocycles. The molecule has 0 saturated carbocycles. The van der Waals surface area contributed by atoms with Crippen molar-refractivity contribution in [2.45, 2.75) is 19.9 Å². The first-order valence-corrected chi connectivity index (χ1v) is 8.02. The summed E-state index contributed by atoms with van der Waals surface area (Å²) in [6.07, 6.45) is 0.372. The molecule has 1 aromatic carbocycles. The summed E-state index contributed by atoms with van der Waals surface area (Å²) in [5.41, 5.74) is 5.99. The topological polar surface area (TPSA) is 113 Å². The fourth-order valence-corrected chi connectivity index (χ4v) is 2.43. The summed E-state index contributed by atoms with van der Waals surface area (Å²) >= 11 is 0. The van der Waals surface area contributed by atoms with E-state index in [4.69, 9.17) is 10.5 Å². The fourth-order valence-electron chi connectivity index (χ4n) is 1.59. The highest BCUT2D eigenvalue weighted by molar-refractivity contribution is 7.91. The van der Waals surface area contributed by atoms with Crippen LogP contribution in [0.1, 0.15) is 18.9 Å².